The molecule has 18 heavy (non-hydrogen) atoms. The zero-order valence-corrected chi connectivity index (χ0v) is 12.0. The lowest BCUT2D eigenvalue weighted by atomic mass is 10.2. The van der Waals surface area contributed by atoms with E-state index in [9.17, 15) is 4.79 Å². The molecule has 1 N–H and O–H groups in total. The Morgan fingerprint density at radius 2 is 2.06 bits per heavy atom. The Morgan fingerprint density at radius 1 is 1.39 bits per heavy atom. The van der Waals surface area contributed by atoms with E-state index in [4.69, 9.17) is 4.74 Å². The first-order valence-electron chi connectivity index (χ1n) is 6.22. The summed E-state index contributed by atoms with van der Waals surface area (Å²) in [6, 6.07) is 8.21. The number of aryl methyl sites for hydroxylation is 1. The Labute approximate surface area is 113 Å². The van der Waals surface area contributed by atoms with E-state index in [1.165, 1.54) is 5.56 Å². The molecule has 0 bridgehead atoms. The zero-order valence-electron chi connectivity index (χ0n) is 11.2. The van der Waals surface area contributed by atoms with Crippen molar-refractivity contribution >= 4 is 17.7 Å². The van der Waals surface area contributed by atoms with E-state index in [1.807, 2.05) is 26.0 Å². The highest BCUT2D eigenvalue weighted by molar-refractivity contribution is 8.00. The molecule has 1 aromatic carbocycles. The summed E-state index contributed by atoms with van der Waals surface area (Å²) in [4.78, 5) is 12.9. The molecule has 0 spiro atoms. The summed E-state index contributed by atoms with van der Waals surface area (Å²) in [5, 5.41) is 2.78. The van der Waals surface area contributed by atoms with Gasteiger partial charge in [-0.15, -0.1) is 11.8 Å². The fourth-order valence-corrected chi connectivity index (χ4v) is 2.30. The maximum atomic E-state index is 11.8. The Kier molecular flexibility index (Phi) is 6.83. The molecule has 3 nitrogen and oxygen atoms in total. The molecule has 0 aromatic heterocycles. The number of benzene rings is 1. The van der Waals surface area contributed by atoms with Gasteiger partial charge < -0.3 is 10.1 Å². The Bertz CT molecular complexity index is 365. The van der Waals surface area contributed by atoms with Crippen molar-refractivity contribution in [3.05, 3.63) is 29.8 Å². The van der Waals surface area contributed by atoms with Crippen LogP contribution in [0.25, 0.3) is 0 Å². The first kappa shape index (κ1) is 15.1. The SMILES string of the molecule is CCOCCNC(=O)C(C)Sc1ccc(C)cc1. The van der Waals surface area contributed by atoms with E-state index < -0.39 is 0 Å². The average Bonchev–Trinajstić information content (AvgIpc) is 2.37. The van der Waals surface area contributed by atoms with E-state index in [1.54, 1.807) is 11.8 Å². The van der Waals surface area contributed by atoms with Gasteiger partial charge in [0.25, 0.3) is 0 Å². The number of hydrogen-bond donors (Lipinski definition) is 1. The fraction of sp³-hybridized carbons (Fsp3) is 0.500. The van der Waals surface area contributed by atoms with E-state index >= 15 is 0 Å². The predicted molar refractivity (Wildman–Crippen MR) is 76.0 cm³/mol. The van der Waals surface area contributed by atoms with Crippen LogP contribution in [0, 0.1) is 6.92 Å². The largest absolute Gasteiger partial charge is 0.380 e. The van der Waals surface area contributed by atoms with Crippen molar-refractivity contribution in [2.24, 2.45) is 0 Å². The quantitative estimate of drug-likeness (QED) is 0.609. The van der Waals surface area contributed by atoms with Gasteiger partial charge in [0.1, 0.15) is 0 Å². The van der Waals surface area contributed by atoms with Gasteiger partial charge in [-0.2, -0.15) is 0 Å². The molecule has 1 amide bonds. The Hall–Kier alpha value is -1.00. The number of thioether (sulfide) groups is 1. The predicted octanol–water partition coefficient (Wildman–Crippen LogP) is 2.63. The van der Waals surface area contributed by atoms with Crippen LogP contribution >= 0.6 is 11.8 Å². The standard InChI is InChI=1S/C14H21NO2S/c1-4-17-10-9-15-14(16)12(3)18-13-7-5-11(2)6-8-13/h5-8,12H,4,9-10H2,1-3H3,(H,15,16). The molecule has 0 saturated heterocycles. The molecular weight excluding hydrogens is 246 g/mol. The summed E-state index contributed by atoms with van der Waals surface area (Å²) in [6.45, 7) is 7.75. The second-order valence-electron chi connectivity index (χ2n) is 4.06. The van der Waals surface area contributed by atoms with E-state index in [2.05, 4.69) is 24.4 Å². The minimum absolute atomic E-state index is 0.0558. The summed E-state index contributed by atoms with van der Waals surface area (Å²) >= 11 is 1.57. The third-order valence-electron chi connectivity index (χ3n) is 2.45. The van der Waals surface area contributed by atoms with Gasteiger partial charge in [0.05, 0.1) is 11.9 Å². The lowest BCUT2D eigenvalue weighted by Gasteiger charge is -2.12. The van der Waals surface area contributed by atoms with Crippen molar-refractivity contribution in [2.45, 2.75) is 30.9 Å². The lowest BCUT2D eigenvalue weighted by Crippen LogP contribution is -2.33. The summed E-state index contributed by atoms with van der Waals surface area (Å²) < 4.78 is 5.17. The number of amides is 1. The summed E-state index contributed by atoms with van der Waals surface area (Å²) in [7, 11) is 0. The minimum atomic E-state index is -0.0886. The number of nitrogens with one attached hydrogen (secondary N) is 1. The van der Waals surface area contributed by atoms with Crippen LogP contribution in [-0.2, 0) is 9.53 Å². The van der Waals surface area contributed by atoms with E-state index in [0.29, 0.717) is 19.8 Å². The third kappa shape index (κ3) is 5.56. The lowest BCUT2D eigenvalue weighted by molar-refractivity contribution is -0.120. The normalized spacial score (nSPS) is 12.2. The van der Waals surface area contributed by atoms with Gasteiger partial charge in [-0.05, 0) is 32.9 Å². The van der Waals surface area contributed by atoms with Gasteiger partial charge in [0.2, 0.25) is 5.91 Å². The smallest absolute Gasteiger partial charge is 0.233 e. The highest BCUT2D eigenvalue weighted by atomic mass is 32.2. The van der Waals surface area contributed by atoms with Gasteiger partial charge in [-0.3, -0.25) is 4.79 Å². The van der Waals surface area contributed by atoms with Crippen LogP contribution in [0.5, 0.6) is 0 Å². The summed E-state index contributed by atoms with van der Waals surface area (Å²) in [6.07, 6.45) is 0. The molecule has 1 unspecified atom stereocenters. The van der Waals surface area contributed by atoms with Crippen LogP contribution in [-0.4, -0.2) is 30.9 Å². The van der Waals surface area contributed by atoms with Crippen LogP contribution in [0.1, 0.15) is 19.4 Å². The number of carbonyl (C=O) groups is 1. The average molecular weight is 267 g/mol. The number of carbonyl (C=O) groups excluding carboxylic acids is 1. The van der Waals surface area contributed by atoms with Crippen LogP contribution in [0.4, 0.5) is 0 Å². The topological polar surface area (TPSA) is 38.3 Å². The molecule has 1 aromatic rings. The summed E-state index contributed by atoms with van der Waals surface area (Å²) in [5.74, 6) is 0.0558. The van der Waals surface area contributed by atoms with Gasteiger partial charge in [-0.1, -0.05) is 17.7 Å². The van der Waals surface area contributed by atoms with Crippen LogP contribution in [0.2, 0.25) is 0 Å². The van der Waals surface area contributed by atoms with Crippen molar-refractivity contribution in [1.29, 1.82) is 0 Å². The maximum absolute atomic E-state index is 11.8. The van der Waals surface area contributed by atoms with Crippen molar-refractivity contribution in [3.63, 3.8) is 0 Å². The molecule has 0 aliphatic rings. The molecule has 1 atom stereocenters. The van der Waals surface area contributed by atoms with E-state index in [0.717, 1.165) is 4.90 Å². The van der Waals surface area contributed by atoms with Crippen molar-refractivity contribution < 1.29 is 9.53 Å². The molecular formula is C14H21NO2S. The van der Waals surface area contributed by atoms with Crippen molar-refractivity contribution in [3.8, 4) is 0 Å². The van der Waals surface area contributed by atoms with Crippen molar-refractivity contribution in [1.82, 2.24) is 5.32 Å². The van der Waals surface area contributed by atoms with Gasteiger partial charge in [0, 0.05) is 18.0 Å². The van der Waals surface area contributed by atoms with Crippen LogP contribution < -0.4 is 5.32 Å². The molecule has 0 aliphatic carbocycles. The van der Waals surface area contributed by atoms with Crippen molar-refractivity contribution in [2.75, 3.05) is 19.8 Å². The Balaban J connectivity index is 2.33. The highest BCUT2D eigenvalue weighted by Gasteiger charge is 2.13. The zero-order chi connectivity index (χ0) is 13.4. The minimum Gasteiger partial charge on any atom is -0.380 e. The molecule has 0 radical (unpaired) electrons. The first-order chi connectivity index (χ1) is 8.63. The van der Waals surface area contributed by atoms with Crippen LogP contribution in [0.15, 0.2) is 29.2 Å². The second-order valence-corrected chi connectivity index (χ2v) is 5.48. The molecule has 0 fully saturated rings. The molecule has 0 aliphatic heterocycles. The highest BCUT2D eigenvalue weighted by Crippen LogP contribution is 2.23. The number of rotatable bonds is 7. The molecule has 0 saturated carbocycles. The fourth-order valence-electron chi connectivity index (χ4n) is 1.41. The summed E-state index contributed by atoms with van der Waals surface area (Å²) in [5.41, 5.74) is 1.23. The van der Waals surface area contributed by atoms with Gasteiger partial charge in [0.15, 0.2) is 0 Å². The molecule has 0 heterocycles. The molecule has 1 rings (SSSR count). The monoisotopic (exact) mass is 267 g/mol. The number of ether oxygens (including phenoxy) is 1. The molecule has 4 heteroatoms. The Morgan fingerprint density at radius 3 is 2.67 bits per heavy atom. The third-order valence-corrected chi connectivity index (χ3v) is 3.56. The maximum Gasteiger partial charge on any atom is 0.233 e. The van der Waals surface area contributed by atoms with Crippen LogP contribution in [0.3, 0.4) is 0 Å². The molecule has 100 valence electrons. The van der Waals surface area contributed by atoms with Gasteiger partial charge >= 0.3 is 0 Å². The number of hydrogen-bond acceptors (Lipinski definition) is 3. The first-order valence-corrected chi connectivity index (χ1v) is 7.10. The second kappa shape index (κ2) is 8.16. The van der Waals surface area contributed by atoms with E-state index in [-0.39, 0.29) is 11.2 Å². The van der Waals surface area contributed by atoms with Gasteiger partial charge in [-0.25, -0.2) is 0 Å².